The molecule has 0 saturated heterocycles. The van der Waals surface area contributed by atoms with Gasteiger partial charge in [0.25, 0.3) is 0 Å². The number of hydrogen-bond donors (Lipinski definition) is 1. The number of hydrogen-bond acceptors (Lipinski definition) is 1. The molecule has 2 aromatic rings. The third kappa shape index (κ3) is 1.42. The van der Waals surface area contributed by atoms with Crippen molar-refractivity contribution in [1.82, 2.24) is 0 Å². The van der Waals surface area contributed by atoms with Crippen LogP contribution in [-0.4, -0.2) is 0 Å². The lowest BCUT2D eigenvalue weighted by atomic mass is 9.99. The lowest BCUT2D eigenvalue weighted by Gasteiger charge is -2.10. The van der Waals surface area contributed by atoms with Crippen molar-refractivity contribution >= 4 is 10.8 Å². The van der Waals surface area contributed by atoms with Crippen molar-refractivity contribution in [3.63, 3.8) is 0 Å². The summed E-state index contributed by atoms with van der Waals surface area (Å²) in [4.78, 5) is 0. The molecule has 1 atom stereocenters. The van der Waals surface area contributed by atoms with Gasteiger partial charge in [-0.1, -0.05) is 48.5 Å². The monoisotopic (exact) mass is 183 g/mol. The van der Waals surface area contributed by atoms with Gasteiger partial charge in [0.2, 0.25) is 0 Å². The quantitative estimate of drug-likeness (QED) is 0.711. The molecule has 2 aromatic carbocycles. The van der Waals surface area contributed by atoms with Crippen LogP contribution in [0.25, 0.3) is 10.8 Å². The molecule has 70 valence electrons. The lowest BCUT2D eigenvalue weighted by molar-refractivity contribution is 0.925. The van der Waals surface area contributed by atoms with E-state index in [2.05, 4.69) is 30.8 Å². The van der Waals surface area contributed by atoms with Crippen molar-refractivity contribution in [2.24, 2.45) is 5.73 Å². The Morgan fingerprint density at radius 1 is 1.07 bits per heavy atom. The smallest absolute Gasteiger partial charge is 0.0484 e. The van der Waals surface area contributed by atoms with Crippen LogP contribution >= 0.6 is 0 Å². The Kier molecular flexibility index (Phi) is 2.33. The van der Waals surface area contributed by atoms with Crippen LogP contribution in [0.15, 0.2) is 55.1 Å². The molecular formula is C13H13N. The summed E-state index contributed by atoms with van der Waals surface area (Å²) in [7, 11) is 0. The van der Waals surface area contributed by atoms with Gasteiger partial charge in [0.15, 0.2) is 0 Å². The molecule has 0 aliphatic heterocycles. The molecule has 0 amide bonds. The summed E-state index contributed by atoms with van der Waals surface area (Å²) < 4.78 is 0. The van der Waals surface area contributed by atoms with Gasteiger partial charge >= 0.3 is 0 Å². The van der Waals surface area contributed by atoms with Crippen LogP contribution < -0.4 is 5.73 Å². The molecule has 0 aromatic heterocycles. The van der Waals surface area contributed by atoms with E-state index >= 15 is 0 Å². The molecule has 0 aliphatic carbocycles. The van der Waals surface area contributed by atoms with Crippen LogP contribution in [-0.2, 0) is 0 Å². The summed E-state index contributed by atoms with van der Waals surface area (Å²) in [6.45, 7) is 3.72. The molecule has 0 heterocycles. The second-order valence-electron chi connectivity index (χ2n) is 3.33. The van der Waals surface area contributed by atoms with E-state index in [-0.39, 0.29) is 6.04 Å². The maximum Gasteiger partial charge on any atom is 0.0484 e. The van der Waals surface area contributed by atoms with Gasteiger partial charge < -0.3 is 5.73 Å². The molecule has 0 spiro atoms. The van der Waals surface area contributed by atoms with Crippen LogP contribution in [0.1, 0.15) is 11.6 Å². The van der Waals surface area contributed by atoms with Crippen molar-refractivity contribution in [3.05, 3.63) is 60.7 Å². The Morgan fingerprint density at radius 2 is 1.79 bits per heavy atom. The number of nitrogens with two attached hydrogens (primary N) is 1. The normalized spacial score (nSPS) is 12.6. The van der Waals surface area contributed by atoms with Gasteiger partial charge in [-0.25, -0.2) is 0 Å². The van der Waals surface area contributed by atoms with Gasteiger partial charge in [0, 0.05) is 6.04 Å². The van der Waals surface area contributed by atoms with Crippen molar-refractivity contribution in [3.8, 4) is 0 Å². The van der Waals surface area contributed by atoms with E-state index < -0.39 is 0 Å². The second kappa shape index (κ2) is 3.64. The Morgan fingerprint density at radius 3 is 2.57 bits per heavy atom. The van der Waals surface area contributed by atoms with Crippen molar-refractivity contribution < 1.29 is 0 Å². The minimum atomic E-state index is -0.0823. The number of rotatable bonds is 2. The molecule has 2 rings (SSSR count). The maximum atomic E-state index is 5.94. The SMILES string of the molecule is C=C[C@@H](N)c1cccc2ccccc12. The average Bonchev–Trinajstić information content (AvgIpc) is 2.27. The molecule has 1 heteroatoms. The van der Waals surface area contributed by atoms with E-state index in [1.54, 1.807) is 6.08 Å². The van der Waals surface area contributed by atoms with Gasteiger partial charge in [-0.05, 0) is 16.3 Å². The number of fused-ring (bicyclic) bond motifs is 1. The highest BCUT2D eigenvalue weighted by atomic mass is 14.6. The predicted molar refractivity (Wildman–Crippen MR) is 61.1 cm³/mol. The Balaban J connectivity index is 2.70. The molecule has 0 fully saturated rings. The van der Waals surface area contributed by atoms with Crippen molar-refractivity contribution in [2.45, 2.75) is 6.04 Å². The van der Waals surface area contributed by atoms with Gasteiger partial charge in [-0.15, -0.1) is 6.58 Å². The van der Waals surface area contributed by atoms with Gasteiger partial charge in [0.05, 0.1) is 0 Å². The second-order valence-corrected chi connectivity index (χ2v) is 3.33. The van der Waals surface area contributed by atoms with Crippen LogP contribution in [0.3, 0.4) is 0 Å². The zero-order chi connectivity index (χ0) is 9.97. The van der Waals surface area contributed by atoms with Gasteiger partial charge in [-0.3, -0.25) is 0 Å². The highest BCUT2D eigenvalue weighted by Crippen LogP contribution is 2.23. The van der Waals surface area contributed by atoms with Crippen LogP contribution in [0, 0.1) is 0 Å². The standard InChI is InChI=1S/C13H13N/c1-2-13(14)12-9-5-7-10-6-3-4-8-11(10)12/h2-9,13H,1,14H2/t13-/m1/s1. The zero-order valence-corrected chi connectivity index (χ0v) is 7.98. The topological polar surface area (TPSA) is 26.0 Å². The predicted octanol–water partition coefficient (Wildman–Crippen LogP) is 3.03. The van der Waals surface area contributed by atoms with Gasteiger partial charge in [-0.2, -0.15) is 0 Å². The lowest BCUT2D eigenvalue weighted by Crippen LogP contribution is -2.06. The third-order valence-corrected chi connectivity index (χ3v) is 2.44. The Labute approximate surface area is 83.9 Å². The maximum absolute atomic E-state index is 5.94. The Bertz CT molecular complexity index is 454. The summed E-state index contributed by atoms with van der Waals surface area (Å²) in [5, 5.41) is 2.43. The molecule has 0 bridgehead atoms. The zero-order valence-electron chi connectivity index (χ0n) is 7.98. The fraction of sp³-hybridized carbons (Fsp3) is 0.0769. The first kappa shape index (κ1) is 8.97. The molecular weight excluding hydrogens is 170 g/mol. The molecule has 2 N–H and O–H groups in total. The summed E-state index contributed by atoms with van der Waals surface area (Å²) in [6.07, 6.45) is 1.77. The molecule has 0 aliphatic rings. The fourth-order valence-electron chi connectivity index (χ4n) is 1.67. The minimum absolute atomic E-state index is 0.0823. The van der Waals surface area contributed by atoms with Crippen molar-refractivity contribution in [2.75, 3.05) is 0 Å². The molecule has 1 nitrogen and oxygen atoms in total. The van der Waals surface area contributed by atoms with E-state index in [1.165, 1.54) is 10.8 Å². The largest absolute Gasteiger partial charge is 0.321 e. The van der Waals surface area contributed by atoms with Crippen LogP contribution in [0.5, 0.6) is 0 Å². The molecule has 0 radical (unpaired) electrons. The van der Waals surface area contributed by atoms with E-state index in [1.807, 2.05) is 18.2 Å². The molecule has 0 saturated carbocycles. The first-order chi connectivity index (χ1) is 6.83. The van der Waals surface area contributed by atoms with Crippen LogP contribution in [0.4, 0.5) is 0 Å². The number of benzene rings is 2. The first-order valence-electron chi connectivity index (χ1n) is 4.68. The summed E-state index contributed by atoms with van der Waals surface area (Å²) in [5.41, 5.74) is 7.08. The minimum Gasteiger partial charge on any atom is -0.321 e. The van der Waals surface area contributed by atoms with E-state index in [9.17, 15) is 0 Å². The van der Waals surface area contributed by atoms with E-state index in [0.29, 0.717) is 0 Å². The summed E-state index contributed by atoms with van der Waals surface area (Å²) >= 11 is 0. The fourth-order valence-corrected chi connectivity index (χ4v) is 1.67. The molecule has 14 heavy (non-hydrogen) atoms. The highest BCUT2D eigenvalue weighted by Gasteiger charge is 2.04. The van der Waals surface area contributed by atoms with Crippen molar-refractivity contribution in [1.29, 1.82) is 0 Å². The highest BCUT2D eigenvalue weighted by molar-refractivity contribution is 5.86. The Hall–Kier alpha value is -1.60. The summed E-state index contributed by atoms with van der Waals surface area (Å²) in [6, 6.07) is 14.3. The van der Waals surface area contributed by atoms with E-state index in [4.69, 9.17) is 5.73 Å². The average molecular weight is 183 g/mol. The molecule has 0 unspecified atom stereocenters. The summed E-state index contributed by atoms with van der Waals surface area (Å²) in [5.74, 6) is 0. The van der Waals surface area contributed by atoms with Crippen LogP contribution in [0.2, 0.25) is 0 Å². The third-order valence-electron chi connectivity index (χ3n) is 2.44. The van der Waals surface area contributed by atoms with E-state index in [0.717, 1.165) is 5.56 Å². The first-order valence-corrected chi connectivity index (χ1v) is 4.68. The van der Waals surface area contributed by atoms with Gasteiger partial charge in [0.1, 0.15) is 0 Å².